The first-order valence-electron chi connectivity index (χ1n) is 6.16. The number of aryl methyl sites for hydroxylation is 1. The highest BCUT2D eigenvalue weighted by Crippen LogP contribution is 2.16. The van der Waals surface area contributed by atoms with Crippen molar-refractivity contribution < 1.29 is 4.42 Å². The van der Waals surface area contributed by atoms with Gasteiger partial charge in [-0.1, -0.05) is 19.1 Å². The standard InChI is InChI=1S/C14H24N2O/c1-6-16(9-11(2)3)10-13-7-12(4)14(17-13)8-15-5/h7,15H,2,6,8-10H2,1,3-5H3. The van der Waals surface area contributed by atoms with Gasteiger partial charge in [0.1, 0.15) is 11.5 Å². The molecule has 0 atom stereocenters. The maximum absolute atomic E-state index is 5.83. The summed E-state index contributed by atoms with van der Waals surface area (Å²) in [5, 5.41) is 3.12. The number of likely N-dealkylation sites (N-methyl/N-ethyl adjacent to an activating group) is 1. The summed E-state index contributed by atoms with van der Waals surface area (Å²) in [5.74, 6) is 2.07. The van der Waals surface area contributed by atoms with Crippen molar-refractivity contribution in [2.24, 2.45) is 0 Å². The van der Waals surface area contributed by atoms with Gasteiger partial charge in [-0.2, -0.15) is 0 Å². The van der Waals surface area contributed by atoms with E-state index < -0.39 is 0 Å². The lowest BCUT2D eigenvalue weighted by Gasteiger charge is -2.18. The first-order chi connectivity index (χ1) is 8.06. The van der Waals surface area contributed by atoms with Crippen molar-refractivity contribution in [3.63, 3.8) is 0 Å². The predicted molar refractivity (Wildman–Crippen MR) is 72.0 cm³/mol. The number of hydrogen-bond donors (Lipinski definition) is 1. The molecule has 0 saturated heterocycles. The average Bonchev–Trinajstić information content (AvgIpc) is 2.58. The Bertz CT molecular complexity index is 368. The van der Waals surface area contributed by atoms with Gasteiger partial charge in [-0.15, -0.1) is 0 Å². The van der Waals surface area contributed by atoms with E-state index in [4.69, 9.17) is 4.42 Å². The fraction of sp³-hybridized carbons (Fsp3) is 0.571. The van der Waals surface area contributed by atoms with Crippen LogP contribution in [0.1, 0.15) is 30.9 Å². The van der Waals surface area contributed by atoms with Crippen LogP contribution in [0.15, 0.2) is 22.6 Å². The molecule has 1 heterocycles. The highest BCUT2D eigenvalue weighted by Gasteiger charge is 2.10. The lowest BCUT2D eigenvalue weighted by molar-refractivity contribution is 0.272. The van der Waals surface area contributed by atoms with Crippen LogP contribution in [0.3, 0.4) is 0 Å². The van der Waals surface area contributed by atoms with Crippen LogP contribution in [-0.2, 0) is 13.1 Å². The zero-order chi connectivity index (χ0) is 12.8. The van der Waals surface area contributed by atoms with E-state index in [0.29, 0.717) is 0 Å². The number of hydrogen-bond acceptors (Lipinski definition) is 3. The van der Waals surface area contributed by atoms with Crippen molar-refractivity contribution in [2.45, 2.75) is 33.9 Å². The van der Waals surface area contributed by atoms with Crippen LogP contribution < -0.4 is 5.32 Å². The summed E-state index contributed by atoms with van der Waals surface area (Å²) in [5.41, 5.74) is 2.41. The van der Waals surface area contributed by atoms with Crippen molar-refractivity contribution in [1.82, 2.24) is 10.2 Å². The third-order valence-corrected chi connectivity index (χ3v) is 2.73. The Kier molecular flexibility index (Phi) is 5.45. The minimum absolute atomic E-state index is 0.790. The smallest absolute Gasteiger partial charge is 0.120 e. The molecule has 0 spiro atoms. The Morgan fingerprint density at radius 1 is 1.53 bits per heavy atom. The quantitative estimate of drug-likeness (QED) is 0.738. The lowest BCUT2D eigenvalue weighted by Crippen LogP contribution is -2.24. The predicted octanol–water partition coefficient (Wildman–Crippen LogP) is 2.71. The van der Waals surface area contributed by atoms with Crippen LogP contribution in [0, 0.1) is 6.92 Å². The summed E-state index contributed by atoms with van der Waals surface area (Å²) >= 11 is 0. The van der Waals surface area contributed by atoms with Crippen molar-refractivity contribution in [3.8, 4) is 0 Å². The minimum atomic E-state index is 0.790. The monoisotopic (exact) mass is 236 g/mol. The van der Waals surface area contributed by atoms with Crippen LogP contribution in [0.25, 0.3) is 0 Å². The molecule has 96 valence electrons. The van der Waals surface area contributed by atoms with E-state index in [9.17, 15) is 0 Å². The van der Waals surface area contributed by atoms with Crippen molar-refractivity contribution in [3.05, 3.63) is 35.3 Å². The molecule has 1 aromatic rings. The van der Waals surface area contributed by atoms with E-state index in [0.717, 1.165) is 37.7 Å². The van der Waals surface area contributed by atoms with Gasteiger partial charge in [-0.05, 0) is 39.1 Å². The molecule has 0 amide bonds. The van der Waals surface area contributed by atoms with Crippen LogP contribution in [-0.4, -0.2) is 25.0 Å². The van der Waals surface area contributed by atoms with Gasteiger partial charge in [-0.25, -0.2) is 0 Å². The average molecular weight is 236 g/mol. The molecule has 0 aliphatic heterocycles. The van der Waals surface area contributed by atoms with E-state index in [1.807, 2.05) is 7.05 Å². The van der Waals surface area contributed by atoms with E-state index in [1.165, 1.54) is 11.1 Å². The van der Waals surface area contributed by atoms with Gasteiger partial charge in [0.15, 0.2) is 0 Å². The van der Waals surface area contributed by atoms with E-state index >= 15 is 0 Å². The highest BCUT2D eigenvalue weighted by atomic mass is 16.3. The Labute approximate surface area is 104 Å². The molecule has 0 saturated carbocycles. The Morgan fingerprint density at radius 3 is 2.76 bits per heavy atom. The number of nitrogens with one attached hydrogen (secondary N) is 1. The number of nitrogens with zero attached hydrogens (tertiary/aromatic N) is 1. The molecule has 0 aliphatic carbocycles. The largest absolute Gasteiger partial charge is 0.463 e. The molecule has 3 heteroatoms. The van der Waals surface area contributed by atoms with Gasteiger partial charge in [-0.3, -0.25) is 4.90 Å². The molecule has 0 radical (unpaired) electrons. The third kappa shape index (κ3) is 4.36. The molecular formula is C14H24N2O. The van der Waals surface area contributed by atoms with Crippen LogP contribution in [0.4, 0.5) is 0 Å². The van der Waals surface area contributed by atoms with Gasteiger partial charge in [0, 0.05) is 6.54 Å². The number of rotatable bonds is 7. The highest BCUT2D eigenvalue weighted by molar-refractivity contribution is 5.20. The van der Waals surface area contributed by atoms with Gasteiger partial charge in [0.05, 0.1) is 13.1 Å². The summed E-state index contributed by atoms with van der Waals surface area (Å²) in [6.07, 6.45) is 0. The number of furan rings is 1. The molecule has 1 aromatic heterocycles. The van der Waals surface area contributed by atoms with E-state index in [-0.39, 0.29) is 0 Å². The second-order valence-electron chi connectivity index (χ2n) is 4.61. The molecular weight excluding hydrogens is 212 g/mol. The van der Waals surface area contributed by atoms with Gasteiger partial charge in [0.25, 0.3) is 0 Å². The van der Waals surface area contributed by atoms with Crippen molar-refractivity contribution in [1.29, 1.82) is 0 Å². The molecule has 0 aromatic carbocycles. The fourth-order valence-electron chi connectivity index (χ4n) is 1.89. The second-order valence-corrected chi connectivity index (χ2v) is 4.61. The summed E-state index contributed by atoms with van der Waals surface area (Å²) in [6.45, 7) is 13.8. The topological polar surface area (TPSA) is 28.4 Å². The zero-order valence-corrected chi connectivity index (χ0v) is 11.5. The van der Waals surface area contributed by atoms with Crippen LogP contribution in [0.2, 0.25) is 0 Å². The van der Waals surface area contributed by atoms with Gasteiger partial charge >= 0.3 is 0 Å². The molecule has 0 fully saturated rings. The lowest BCUT2D eigenvalue weighted by atomic mass is 10.2. The van der Waals surface area contributed by atoms with E-state index in [2.05, 4.69) is 43.6 Å². The molecule has 1 N–H and O–H groups in total. The van der Waals surface area contributed by atoms with Crippen LogP contribution in [0.5, 0.6) is 0 Å². The first-order valence-corrected chi connectivity index (χ1v) is 6.16. The fourth-order valence-corrected chi connectivity index (χ4v) is 1.89. The Balaban J connectivity index is 2.66. The first kappa shape index (κ1) is 14.0. The maximum Gasteiger partial charge on any atom is 0.120 e. The van der Waals surface area contributed by atoms with Crippen LogP contribution >= 0.6 is 0 Å². The maximum atomic E-state index is 5.83. The third-order valence-electron chi connectivity index (χ3n) is 2.73. The van der Waals surface area contributed by atoms with Gasteiger partial charge < -0.3 is 9.73 Å². The molecule has 3 nitrogen and oxygen atoms in total. The molecule has 0 aliphatic rings. The van der Waals surface area contributed by atoms with Gasteiger partial charge in [0.2, 0.25) is 0 Å². The van der Waals surface area contributed by atoms with Crippen molar-refractivity contribution in [2.75, 3.05) is 20.1 Å². The Morgan fingerprint density at radius 2 is 2.24 bits per heavy atom. The zero-order valence-electron chi connectivity index (χ0n) is 11.5. The summed E-state index contributed by atoms with van der Waals surface area (Å²) < 4.78 is 5.83. The van der Waals surface area contributed by atoms with E-state index in [1.54, 1.807) is 0 Å². The SMILES string of the molecule is C=C(C)CN(CC)Cc1cc(C)c(CNC)o1. The molecule has 1 rings (SSSR count). The molecule has 0 unspecified atom stereocenters. The molecule has 0 bridgehead atoms. The second kappa shape index (κ2) is 6.62. The minimum Gasteiger partial charge on any atom is -0.463 e. The summed E-state index contributed by atoms with van der Waals surface area (Å²) in [7, 11) is 1.93. The normalized spacial score (nSPS) is 11.1. The summed E-state index contributed by atoms with van der Waals surface area (Å²) in [6, 6.07) is 2.13. The van der Waals surface area contributed by atoms with Crippen molar-refractivity contribution >= 4 is 0 Å². The summed E-state index contributed by atoms with van der Waals surface area (Å²) in [4.78, 5) is 2.32. The Hall–Kier alpha value is -1.06. The molecule has 17 heavy (non-hydrogen) atoms.